The standard InChI is InChI=1S/C17H19N5O2/c18-15(24)17(6-1-2-7-17)22-14(23)12-5-3-4-11(8-12)13-9-20-16(19)21-10-13/h3-5,8-10H,1-2,6-7H2,(H2,18,24)(H,22,23)(H2,19,20,21). The summed E-state index contributed by atoms with van der Waals surface area (Å²) in [6.07, 6.45) is 6.12. The number of nitrogens with one attached hydrogen (secondary N) is 1. The molecule has 0 atom stereocenters. The molecule has 124 valence electrons. The highest BCUT2D eigenvalue weighted by Gasteiger charge is 2.40. The molecule has 7 heteroatoms. The molecule has 0 spiro atoms. The molecule has 0 unspecified atom stereocenters. The molecule has 1 saturated carbocycles. The minimum Gasteiger partial charge on any atom is -0.368 e. The average molecular weight is 325 g/mol. The largest absolute Gasteiger partial charge is 0.368 e. The van der Waals surface area contributed by atoms with Crippen LogP contribution in [0, 0.1) is 0 Å². The van der Waals surface area contributed by atoms with Crippen LogP contribution in [0.4, 0.5) is 5.95 Å². The van der Waals surface area contributed by atoms with E-state index < -0.39 is 11.4 Å². The monoisotopic (exact) mass is 325 g/mol. The van der Waals surface area contributed by atoms with Crippen molar-refractivity contribution in [3.63, 3.8) is 0 Å². The number of carbonyl (C=O) groups is 2. The predicted molar refractivity (Wildman–Crippen MR) is 89.7 cm³/mol. The van der Waals surface area contributed by atoms with Crippen LogP contribution in [0.25, 0.3) is 11.1 Å². The number of nitrogen functional groups attached to an aromatic ring is 1. The van der Waals surface area contributed by atoms with Gasteiger partial charge in [0, 0.05) is 23.5 Å². The van der Waals surface area contributed by atoms with Crippen molar-refractivity contribution in [2.45, 2.75) is 31.2 Å². The Bertz CT molecular complexity index is 767. The molecular formula is C17H19N5O2. The molecular weight excluding hydrogens is 306 g/mol. The zero-order valence-corrected chi connectivity index (χ0v) is 13.2. The fourth-order valence-corrected chi connectivity index (χ4v) is 3.03. The minimum atomic E-state index is -0.933. The number of primary amides is 1. The second kappa shape index (κ2) is 6.27. The fourth-order valence-electron chi connectivity index (χ4n) is 3.03. The molecule has 1 heterocycles. The van der Waals surface area contributed by atoms with Crippen molar-refractivity contribution >= 4 is 17.8 Å². The third-order valence-electron chi connectivity index (χ3n) is 4.41. The van der Waals surface area contributed by atoms with E-state index in [1.807, 2.05) is 6.07 Å². The quantitative estimate of drug-likeness (QED) is 0.780. The number of carbonyl (C=O) groups excluding carboxylic acids is 2. The molecule has 3 rings (SSSR count). The van der Waals surface area contributed by atoms with E-state index in [2.05, 4.69) is 15.3 Å². The van der Waals surface area contributed by atoms with Gasteiger partial charge in [0.1, 0.15) is 5.54 Å². The van der Waals surface area contributed by atoms with Crippen LogP contribution in [0.5, 0.6) is 0 Å². The average Bonchev–Trinajstić information content (AvgIpc) is 3.05. The minimum absolute atomic E-state index is 0.192. The van der Waals surface area contributed by atoms with Crippen molar-refractivity contribution in [3.8, 4) is 11.1 Å². The molecule has 1 aliphatic rings. The molecule has 0 saturated heterocycles. The van der Waals surface area contributed by atoms with Crippen molar-refractivity contribution in [1.82, 2.24) is 15.3 Å². The van der Waals surface area contributed by atoms with Gasteiger partial charge in [0.15, 0.2) is 0 Å². The SMILES string of the molecule is NC(=O)C1(NC(=O)c2cccc(-c3cnc(N)nc3)c2)CCCC1. The van der Waals surface area contributed by atoms with Crippen molar-refractivity contribution < 1.29 is 9.59 Å². The van der Waals surface area contributed by atoms with Crippen LogP contribution < -0.4 is 16.8 Å². The fraction of sp³-hybridized carbons (Fsp3) is 0.294. The number of hydrogen-bond donors (Lipinski definition) is 3. The first-order chi connectivity index (χ1) is 11.5. The number of amides is 2. The van der Waals surface area contributed by atoms with E-state index in [1.165, 1.54) is 0 Å². The number of anilines is 1. The van der Waals surface area contributed by atoms with Gasteiger partial charge in [0.2, 0.25) is 11.9 Å². The van der Waals surface area contributed by atoms with E-state index in [0.717, 1.165) is 24.0 Å². The maximum absolute atomic E-state index is 12.6. The number of rotatable bonds is 4. The normalized spacial score (nSPS) is 15.8. The van der Waals surface area contributed by atoms with Crippen molar-refractivity contribution in [3.05, 3.63) is 42.2 Å². The lowest BCUT2D eigenvalue weighted by atomic mass is 9.95. The van der Waals surface area contributed by atoms with Gasteiger partial charge in [0.25, 0.3) is 5.91 Å². The Hall–Kier alpha value is -2.96. The number of nitrogens with zero attached hydrogens (tertiary/aromatic N) is 2. The summed E-state index contributed by atoms with van der Waals surface area (Å²) in [7, 11) is 0. The van der Waals surface area contributed by atoms with Crippen LogP contribution in [0.15, 0.2) is 36.7 Å². The van der Waals surface area contributed by atoms with E-state index in [1.54, 1.807) is 30.6 Å². The van der Waals surface area contributed by atoms with Gasteiger partial charge < -0.3 is 16.8 Å². The van der Waals surface area contributed by atoms with Gasteiger partial charge in [-0.05, 0) is 30.5 Å². The topological polar surface area (TPSA) is 124 Å². The van der Waals surface area contributed by atoms with Gasteiger partial charge in [-0.15, -0.1) is 0 Å². The lowest BCUT2D eigenvalue weighted by molar-refractivity contribution is -0.123. The van der Waals surface area contributed by atoms with Gasteiger partial charge in [-0.2, -0.15) is 0 Å². The highest BCUT2D eigenvalue weighted by Crippen LogP contribution is 2.30. The van der Waals surface area contributed by atoms with Crippen LogP contribution in [-0.4, -0.2) is 27.3 Å². The Morgan fingerprint density at radius 3 is 2.38 bits per heavy atom. The van der Waals surface area contributed by atoms with Gasteiger partial charge in [-0.25, -0.2) is 9.97 Å². The lowest BCUT2D eigenvalue weighted by Gasteiger charge is -2.26. The predicted octanol–water partition coefficient (Wildman–Crippen LogP) is 1.25. The molecule has 0 bridgehead atoms. The third-order valence-corrected chi connectivity index (χ3v) is 4.41. The first-order valence-corrected chi connectivity index (χ1v) is 7.81. The van der Waals surface area contributed by atoms with Crippen LogP contribution >= 0.6 is 0 Å². The van der Waals surface area contributed by atoms with Crippen molar-refractivity contribution in [1.29, 1.82) is 0 Å². The summed E-state index contributed by atoms with van der Waals surface area (Å²) in [6.45, 7) is 0. The Labute approximate surface area is 139 Å². The summed E-state index contributed by atoms with van der Waals surface area (Å²) in [5.41, 5.74) is 12.1. The Morgan fingerprint density at radius 2 is 1.75 bits per heavy atom. The van der Waals surface area contributed by atoms with E-state index in [4.69, 9.17) is 11.5 Å². The third kappa shape index (κ3) is 3.05. The molecule has 1 fully saturated rings. The van der Waals surface area contributed by atoms with E-state index in [0.29, 0.717) is 18.4 Å². The van der Waals surface area contributed by atoms with E-state index in [-0.39, 0.29) is 11.9 Å². The summed E-state index contributed by atoms with van der Waals surface area (Å²) in [6, 6.07) is 7.05. The second-order valence-corrected chi connectivity index (χ2v) is 6.02. The van der Waals surface area contributed by atoms with Crippen LogP contribution in [0.3, 0.4) is 0 Å². The maximum Gasteiger partial charge on any atom is 0.252 e. The zero-order chi connectivity index (χ0) is 17.2. The molecule has 1 aromatic carbocycles. The lowest BCUT2D eigenvalue weighted by Crippen LogP contribution is -2.55. The van der Waals surface area contributed by atoms with E-state index >= 15 is 0 Å². The molecule has 2 aromatic rings. The molecule has 7 nitrogen and oxygen atoms in total. The molecule has 0 radical (unpaired) electrons. The van der Waals surface area contributed by atoms with Crippen molar-refractivity contribution in [2.75, 3.05) is 5.73 Å². The molecule has 1 aromatic heterocycles. The van der Waals surface area contributed by atoms with Crippen LogP contribution in [0.1, 0.15) is 36.0 Å². The molecule has 5 N–H and O–H groups in total. The first-order valence-electron chi connectivity index (χ1n) is 7.81. The maximum atomic E-state index is 12.6. The Balaban J connectivity index is 1.84. The summed E-state index contributed by atoms with van der Waals surface area (Å²) >= 11 is 0. The Morgan fingerprint density at radius 1 is 1.08 bits per heavy atom. The van der Waals surface area contributed by atoms with E-state index in [9.17, 15) is 9.59 Å². The number of aromatic nitrogens is 2. The van der Waals surface area contributed by atoms with Gasteiger partial charge in [-0.3, -0.25) is 9.59 Å². The second-order valence-electron chi connectivity index (χ2n) is 6.02. The summed E-state index contributed by atoms with van der Waals surface area (Å²) in [4.78, 5) is 32.3. The zero-order valence-electron chi connectivity index (χ0n) is 13.2. The summed E-state index contributed by atoms with van der Waals surface area (Å²) < 4.78 is 0. The number of nitrogens with two attached hydrogens (primary N) is 2. The first kappa shape index (κ1) is 15.9. The highest BCUT2D eigenvalue weighted by atomic mass is 16.2. The van der Waals surface area contributed by atoms with Gasteiger partial charge in [-0.1, -0.05) is 25.0 Å². The molecule has 2 amide bonds. The van der Waals surface area contributed by atoms with Gasteiger partial charge >= 0.3 is 0 Å². The summed E-state index contributed by atoms with van der Waals surface area (Å²) in [5.74, 6) is -0.595. The number of benzene rings is 1. The number of hydrogen-bond acceptors (Lipinski definition) is 5. The molecule has 24 heavy (non-hydrogen) atoms. The molecule has 0 aliphatic heterocycles. The van der Waals surface area contributed by atoms with Crippen molar-refractivity contribution in [2.24, 2.45) is 5.73 Å². The van der Waals surface area contributed by atoms with Crippen LogP contribution in [-0.2, 0) is 4.79 Å². The summed E-state index contributed by atoms with van der Waals surface area (Å²) in [5, 5.41) is 2.83. The van der Waals surface area contributed by atoms with Crippen LogP contribution in [0.2, 0.25) is 0 Å². The van der Waals surface area contributed by atoms with Gasteiger partial charge in [0.05, 0.1) is 0 Å². The highest BCUT2D eigenvalue weighted by molar-refractivity contribution is 5.99. The Kier molecular flexibility index (Phi) is 4.16. The smallest absolute Gasteiger partial charge is 0.252 e. The molecule has 1 aliphatic carbocycles.